The summed E-state index contributed by atoms with van der Waals surface area (Å²) in [7, 11) is 3.32. The van der Waals surface area contributed by atoms with Crippen LogP contribution in [0.25, 0.3) is 0 Å². The minimum atomic E-state index is -0.00514. The van der Waals surface area contributed by atoms with Gasteiger partial charge < -0.3 is 15.2 Å². The van der Waals surface area contributed by atoms with Gasteiger partial charge in [-0.2, -0.15) is 0 Å². The van der Waals surface area contributed by atoms with Gasteiger partial charge in [0.2, 0.25) is 0 Å². The van der Waals surface area contributed by atoms with E-state index in [1.807, 2.05) is 19.1 Å². The lowest BCUT2D eigenvalue weighted by molar-refractivity contribution is 0.392. The fourth-order valence-electron chi connectivity index (χ4n) is 1.58. The van der Waals surface area contributed by atoms with E-state index < -0.39 is 0 Å². The van der Waals surface area contributed by atoms with Crippen LogP contribution in [0.3, 0.4) is 0 Å². The molecule has 3 nitrogen and oxygen atoms in total. The van der Waals surface area contributed by atoms with E-state index >= 15 is 0 Å². The second-order valence-corrected chi connectivity index (χ2v) is 3.58. The zero-order valence-corrected chi connectivity index (χ0v) is 9.83. The Morgan fingerprint density at radius 3 is 2.27 bits per heavy atom. The largest absolute Gasteiger partial charge is 0.496 e. The molecule has 0 bridgehead atoms. The van der Waals surface area contributed by atoms with Crippen LogP contribution in [0.4, 0.5) is 0 Å². The first kappa shape index (κ1) is 11.9. The quantitative estimate of drug-likeness (QED) is 0.828. The molecule has 3 heteroatoms. The van der Waals surface area contributed by atoms with Crippen LogP contribution in [-0.2, 0) is 0 Å². The van der Waals surface area contributed by atoms with Gasteiger partial charge >= 0.3 is 0 Å². The Kier molecular flexibility index (Phi) is 3.97. The van der Waals surface area contributed by atoms with Gasteiger partial charge in [-0.25, -0.2) is 0 Å². The highest BCUT2D eigenvalue weighted by Crippen LogP contribution is 2.32. The Hall–Kier alpha value is -1.22. The maximum absolute atomic E-state index is 6.01. The van der Waals surface area contributed by atoms with Crippen molar-refractivity contribution >= 4 is 0 Å². The van der Waals surface area contributed by atoms with E-state index in [0.29, 0.717) is 0 Å². The predicted molar refractivity (Wildman–Crippen MR) is 61.5 cm³/mol. The molecule has 0 saturated heterocycles. The Bertz CT molecular complexity index is 337. The van der Waals surface area contributed by atoms with Crippen molar-refractivity contribution < 1.29 is 9.47 Å². The highest BCUT2D eigenvalue weighted by atomic mass is 16.5. The van der Waals surface area contributed by atoms with Crippen LogP contribution in [0, 0.1) is 6.92 Å². The third-order valence-corrected chi connectivity index (χ3v) is 2.59. The number of methoxy groups -OCH3 is 2. The molecular weight excluding hydrogens is 190 g/mol. The molecule has 15 heavy (non-hydrogen) atoms. The number of aryl methyl sites for hydroxylation is 1. The average Bonchev–Trinajstić information content (AvgIpc) is 2.27. The summed E-state index contributed by atoms with van der Waals surface area (Å²) in [5.74, 6) is 1.69. The summed E-state index contributed by atoms with van der Waals surface area (Å²) < 4.78 is 10.6. The second-order valence-electron chi connectivity index (χ2n) is 3.58. The molecule has 1 aromatic carbocycles. The molecule has 0 aliphatic rings. The van der Waals surface area contributed by atoms with E-state index in [0.717, 1.165) is 29.0 Å². The summed E-state index contributed by atoms with van der Waals surface area (Å²) >= 11 is 0. The molecular formula is C12H19NO2. The van der Waals surface area contributed by atoms with Gasteiger partial charge in [-0.3, -0.25) is 0 Å². The molecule has 1 unspecified atom stereocenters. The van der Waals surface area contributed by atoms with Crippen molar-refractivity contribution in [2.75, 3.05) is 14.2 Å². The smallest absolute Gasteiger partial charge is 0.124 e. The first-order chi connectivity index (χ1) is 7.13. The minimum absolute atomic E-state index is 0.00514. The van der Waals surface area contributed by atoms with Crippen molar-refractivity contribution in [3.63, 3.8) is 0 Å². The second kappa shape index (κ2) is 5.03. The Morgan fingerprint density at radius 2 is 1.80 bits per heavy atom. The Balaban J connectivity index is 3.22. The van der Waals surface area contributed by atoms with Crippen LogP contribution >= 0.6 is 0 Å². The molecule has 0 heterocycles. The van der Waals surface area contributed by atoms with Crippen molar-refractivity contribution in [3.05, 3.63) is 23.3 Å². The number of ether oxygens (including phenoxy) is 2. The number of hydrogen-bond acceptors (Lipinski definition) is 3. The van der Waals surface area contributed by atoms with Gasteiger partial charge in [0.25, 0.3) is 0 Å². The molecule has 1 atom stereocenters. The van der Waals surface area contributed by atoms with Gasteiger partial charge in [-0.15, -0.1) is 0 Å². The first-order valence-corrected chi connectivity index (χ1v) is 5.12. The molecule has 0 aromatic heterocycles. The van der Waals surface area contributed by atoms with Gasteiger partial charge in [0.1, 0.15) is 11.5 Å². The molecule has 0 aliphatic heterocycles. The average molecular weight is 209 g/mol. The summed E-state index contributed by atoms with van der Waals surface area (Å²) in [5.41, 5.74) is 8.07. The molecule has 1 rings (SSSR count). The van der Waals surface area contributed by atoms with E-state index in [4.69, 9.17) is 15.2 Å². The van der Waals surface area contributed by atoms with E-state index in [2.05, 4.69) is 6.92 Å². The number of rotatable bonds is 4. The van der Waals surface area contributed by atoms with E-state index in [1.54, 1.807) is 14.2 Å². The summed E-state index contributed by atoms with van der Waals surface area (Å²) in [5, 5.41) is 0. The van der Waals surface area contributed by atoms with Crippen molar-refractivity contribution in [3.8, 4) is 11.5 Å². The van der Waals surface area contributed by atoms with Crippen molar-refractivity contribution in [1.82, 2.24) is 0 Å². The maximum Gasteiger partial charge on any atom is 0.124 e. The lowest BCUT2D eigenvalue weighted by Crippen LogP contribution is -2.10. The Morgan fingerprint density at radius 1 is 1.20 bits per heavy atom. The molecule has 0 aliphatic carbocycles. The Labute approximate surface area is 91.2 Å². The molecule has 84 valence electrons. The summed E-state index contributed by atoms with van der Waals surface area (Å²) in [6.45, 7) is 4.04. The molecule has 2 N–H and O–H groups in total. The number of hydrogen-bond donors (Lipinski definition) is 1. The summed E-state index contributed by atoms with van der Waals surface area (Å²) in [6.07, 6.45) is 0.878. The van der Waals surface area contributed by atoms with Crippen molar-refractivity contribution in [2.45, 2.75) is 26.3 Å². The zero-order chi connectivity index (χ0) is 11.4. The molecule has 0 spiro atoms. The first-order valence-electron chi connectivity index (χ1n) is 5.12. The van der Waals surface area contributed by atoms with E-state index in [9.17, 15) is 0 Å². The highest BCUT2D eigenvalue weighted by Gasteiger charge is 2.13. The van der Waals surface area contributed by atoms with Crippen molar-refractivity contribution in [1.29, 1.82) is 0 Å². The lowest BCUT2D eigenvalue weighted by Gasteiger charge is -2.16. The maximum atomic E-state index is 6.01. The van der Waals surface area contributed by atoms with Crippen LogP contribution in [0.1, 0.15) is 30.5 Å². The molecule has 1 aromatic rings. The van der Waals surface area contributed by atoms with Crippen LogP contribution in [0.2, 0.25) is 0 Å². The van der Waals surface area contributed by atoms with Crippen LogP contribution < -0.4 is 15.2 Å². The van der Waals surface area contributed by atoms with Crippen LogP contribution in [0.5, 0.6) is 11.5 Å². The van der Waals surface area contributed by atoms with Crippen molar-refractivity contribution in [2.24, 2.45) is 5.73 Å². The van der Waals surface area contributed by atoms with Crippen LogP contribution in [0.15, 0.2) is 12.1 Å². The SMILES string of the molecule is CCC(N)c1cc(OC)c(C)cc1OC. The molecule has 0 saturated carbocycles. The number of benzene rings is 1. The van der Waals surface area contributed by atoms with E-state index in [-0.39, 0.29) is 6.04 Å². The number of nitrogens with two attached hydrogens (primary N) is 1. The van der Waals surface area contributed by atoms with Gasteiger partial charge in [0, 0.05) is 11.6 Å². The standard InChI is InChI=1S/C12H19NO2/c1-5-10(13)9-7-11(14-3)8(2)6-12(9)15-4/h6-7,10H,5,13H2,1-4H3. The minimum Gasteiger partial charge on any atom is -0.496 e. The predicted octanol–water partition coefficient (Wildman–Crippen LogP) is 2.42. The molecule has 0 amide bonds. The van der Waals surface area contributed by atoms with Gasteiger partial charge in [0.05, 0.1) is 14.2 Å². The molecule has 0 fully saturated rings. The normalized spacial score (nSPS) is 12.3. The van der Waals surface area contributed by atoms with Gasteiger partial charge in [-0.05, 0) is 31.0 Å². The molecule has 0 radical (unpaired) electrons. The lowest BCUT2D eigenvalue weighted by atomic mass is 10.0. The topological polar surface area (TPSA) is 44.5 Å². The van der Waals surface area contributed by atoms with E-state index in [1.165, 1.54) is 0 Å². The summed E-state index contributed by atoms with van der Waals surface area (Å²) in [4.78, 5) is 0. The van der Waals surface area contributed by atoms with Crippen LogP contribution in [-0.4, -0.2) is 14.2 Å². The third-order valence-electron chi connectivity index (χ3n) is 2.59. The van der Waals surface area contributed by atoms with Gasteiger partial charge in [-0.1, -0.05) is 6.92 Å². The highest BCUT2D eigenvalue weighted by molar-refractivity contribution is 5.47. The third kappa shape index (κ3) is 2.42. The zero-order valence-electron chi connectivity index (χ0n) is 9.83. The van der Waals surface area contributed by atoms with Gasteiger partial charge in [0.15, 0.2) is 0 Å². The summed E-state index contributed by atoms with van der Waals surface area (Å²) in [6, 6.07) is 3.92. The monoisotopic (exact) mass is 209 g/mol. The fourth-order valence-corrected chi connectivity index (χ4v) is 1.58. The fraction of sp³-hybridized carbons (Fsp3) is 0.500.